The molecule has 6 saturated carbocycles. The zero-order valence-corrected chi connectivity index (χ0v) is 36.2. The highest BCUT2D eigenvalue weighted by atomic mass is 33.1. The number of nitrogens with zero attached hydrogens (tertiary/aromatic N) is 2. The average Bonchev–Trinajstić information content (AvgIpc) is 3.77. The first-order valence-electron chi connectivity index (χ1n) is 23.0. The van der Waals surface area contributed by atoms with Gasteiger partial charge in [-0.2, -0.15) is 0 Å². The number of aliphatic hydroxyl groups is 4. The van der Waals surface area contributed by atoms with Crippen LogP contribution in [0, 0.1) is 75.4 Å². The van der Waals surface area contributed by atoms with Crippen LogP contribution in [0.3, 0.4) is 0 Å². The first kappa shape index (κ1) is 38.6. The van der Waals surface area contributed by atoms with Crippen LogP contribution in [-0.2, 0) is 4.79 Å². The summed E-state index contributed by atoms with van der Waals surface area (Å²) in [6.07, 6.45) is 19.9. The number of fused-ring (bicyclic) bond motifs is 9. The Labute approximate surface area is 347 Å². The van der Waals surface area contributed by atoms with Crippen molar-refractivity contribution >= 4 is 27.4 Å². The fourth-order valence-corrected chi connectivity index (χ4v) is 20.1. The highest BCUT2D eigenvalue weighted by Crippen LogP contribution is 2.76. The summed E-state index contributed by atoms with van der Waals surface area (Å²) < 4.78 is 2.33. The van der Waals surface area contributed by atoms with Crippen molar-refractivity contribution < 1.29 is 25.2 Å². The highest BCUT2D eigenvalue weighted by molar-refractivity contribution is 8.76. The fraction of sp³-hybridized carbons (Fsp3) is 0.792. The van der Waals surface area contributed by atoms with Gasteiger partial charge in [-0.15, -0.1) is 0 Å². The number of carbonyl (C=O) groups is 1. The number of ketones is 1. The molecule has 4 bridgehead atoms. The van der Waals surface area contributed by atoms with Crippen molar-refractivity contribution in [2.75, 3.05) is 11.5 Å². The molecule has 0 radical (unpaired) electrons. The zero-order chi connectivity index (χ0) is 39.4. The number of hydrogen-bond acceptors (Lipinski definition) is 8. The molecule has 1 aromatic rings. The molecule has 4 N–H and O–H groups in total. The van der Waals surface area contributed by atoms with E-state index >= 15 is 0 Å². The average molecular weight is 815 g/mol. The highest BCUT2D eigenvalue weighted by Gasteiger charge is 2.75. The SMILES string of the molecule is CC1(C)CC(n2ccnc2)CSSCC2CC3C4C(O)C5C6=C(CCCC6C4CCC4CC6C(=CC(=O)C7CC(O)C(O)CC76C)C2(O)C43C)C2CCCCC2=C51. The smallest absolute Gasteiger partial charge is 0.159 e. The normalized spacial score (nSPS) is 51.3. The molecule has 17 unspecified atom stereocenters. The van der Waals surface area contributed by atoms with Gasteiger partial charge in [0.05, 0.1) is 30.2 Å². The van der Waals surface area contributed by atoms with Crippen LogP contribution in [0.5, 0.6) is 0 Å². The van der Waals surface area contributed by atoms with Gasteiger partial charge in [0, 0.05) is 59.0 Å². The molecule has 0 amide bonds. The monoisotopic (exact) mass is 814 g/mol. The molecule has 0 spiro atoms. The van der Waals surface area contributed by atoms with Crippen molar-refractivity contribution in [3.05, 3.63) is 52.7 Å². The van der Waals surface area contributed by atoms with Gasteiger partial charge in [0.25, 0.3) is 0 Å². The van der Waals surface area contributed by atoms with Crippen LogP contribution in [0.1, 0.15) is 124 Å². The molecule has 7 fully saturated rings. The molecule has 310 valence electrons. The van der Waals surface area contributed by atoms with E-state index in [9.17, 15) is 25.2 Å². The Morgan fingerprint density at radius 2 is 1.65 bits per heavy atom. The van der Waals surface area contributed by atoms with Gasteiger partial charge in [0.2, 0.25) is 0 Å². The van der Waals surface area contributed by atoms with E-state index in [0.717, 1.165) is 55.6 Å². The summed E-state index contributed by atoms with van der Waals surface area (Å²) in [4.78, 5) is 18.9. The number of carbonyl (C=O) groups excluding carboxylic acids is 1. The first-order chi connectivity index (χ1) is 27.3. The predicted molar refractivity (Wildman–Crippen MR) is 226 cm³/mol. The summed E-state index contributed by atoms with van der Waals surface area (Å²) in [5, 5.41) is 49.9. The van der Waals surface area contributed by atoms with Gasteiger partial charge in [-0.25, -0.2) is 4.98 Å². The van der Waals surface area contributed by atoms with E-state index in [2.05, 4.69) is 43.4 Å². The minimum Gasteiger partial charge on any atom is -0.392 e. The standard InChI is InChI=1S/C48H66N2O5S2/c1-45(2)20-27(50-15-14-49-24-50)23-57-56-22-26-17-36-41-31(30-11-7-10-29-28-8-5-6-9-32(28)43(45)42(40(29)30)44(41)54)13-12-25-16-33-34(48(26,55)47(25,36)4)18-37(51)35-19-38(52)39(53)21-46(33,35)3/h14-15,18,24-28,30-31,33,35-36,38-39,41-42,44,52-55H,5-13,16-17,19-23H2,1-4H3. The maximum absolute atomic E-state index is 14.4. The lowest BCUT2D eigenvalue weighted by molar-refractivity contribution is -0.174. The summed E-state index contributed by atoms with van der Waals surface area (Å²) in [6.45, 7) is 9.63. The predicted octanol–water partition coefficient (Wildman–Crippen LogP) is 8.51. The second-order valence-electron chi connectivity index (χ2n) is 22.0. The summed E-state index contributed by atoms with van der Waals surface area (Å²) in [7, 11) is 3.85. The molecule has 17 atom stereocenters. The lowest BCUT2D eigenvalue weighted by Gasteiger charge is -2.64. The lowest BCUT2D eigenvalue weighted by atomic mass is 9.42. The topological polar surface area (TPSA) is 116 Å². The Morgan fingerprint density at radius 3 is 2.46 bits per heavy atom. The molecule has 9 aliphatic carbocycles. The van der Waals surface area contributed by atoms with Crippen LogP contribution in [0.15, 0.2) is 52.7 Å². The molecule has 2 heterocycles. The van der Waals surface area contributed by atoms with Gasteiger partial charge >= 0.3 is 0 Å². The Morgan fingerprint density at radius 1 is 0.842 bits per heavy atom. The van der Waals surface area contributed by atoms with Crippen molar-refractivity contribution in [3.8, 4) is 0 Å². The quantitative estimate of drug-likeness (QED) is 0.165. The third-order valence-corrected chi connectivity index (χ3v) is 22.1. The summed E-state index contributed by atoms with van der Waals surface area (Å²) in [5.74, 6) is 3.32. The van der Waals surface area contributed by atoms with E-state index in [1.807, 2.05) is 40.2 Å². The van der Waals surface area contributed by atoms with Crippen LogP contribution >= 0.6 is 21.6 Å². The molecule has 1 aromatic heterocycles. The summed E-state index contributed by atoms with van der Waals surface area (Å²) in [6, 6.07) is 0.246. The fourth-order valence-electron chi connectivity index (χ4n) is 17.3. The molecule has 7 nitrogen and oxygen atoms in total. The Bertz CT molecular complexity index is 1920. The third kappa shape index (κ3) is 5.14. The van der Waals surface area contributed by atoms with Crippen LogP contribution in [0.25, 0.3) is 0 Å². The van der Waals surface area contributed by atoms with E-state index in [4.69, 9.17) is 0 Å². The molecule has 9 heteroatoms. The van der Waals surface area contributed by atoms with Gasteiger partial charge in [0.1, 0.15) is 0 Å². The van der Waals surface area contributed by atoms with Crippen LogP contribution < -0.4 is 0 Å². The van der Waals surface area contributed by atoms with E-state index in [1.54, 1.807) is 22.3 Å². The van der Waals surface area contributed by atoms with Gasteiger partial charge < -0.3 is 25.0 Å². The number of rotatable bonds is 1. The van der Waals surface area contributed by atoms with E-state index in [1.165, 1.54) is 38.5 Å². The van der Waals surface area contributed by atoms with Crippen molar-refractivity contribution in [1.82, 2.24) is 9.55 Å². The molecule has 1 saturated heterocycles. The third-order valence-electron chi connectivity index (χ3n) is 19.6. The van der Waals surface area contributed by atoms with Crippen molar-refractivity contribution in [3.63, 3.8) is 0 Å². The Kier molecular flexibility index (Phi) is 9.01. The largest absolute Gasteiger partial charge is 0.392 e. The van der Waals surface area contributed by atoms with Crippen molar-refractivity contribution in [2.45, 2.75) is 148 Å². The number of hydrogen-bond donors (Lipinski definition) is 4. The van der Waals surface area contributed by atoms with E-state index in [0.29, 0.717) is 30.6 Å². The number of aromatic nitrogens is 2. The second-order valence-corrected chi connectivity index (χ2v) is 24.6. The minimum absolute atomic E-state index is 0.0195. The van der Waals surface area contributed by atoms with Crippen molar-refractivity contribution in [2.24, 2.45) is 75.4 Å². The molecule has 10 aliphatic rings. The maximum Gasteiger partial charge on any atom is 0.159 e. The van der Waals surface area contributed by atoms with Gasteiger partial charge in [0.15, 0.2) is 5.78 Å². The second kappa shape index (κ2) is 13.3. The van der Waals surface area contributed by atoms with Crippen LogP contribution in [0.2, 0.25) is 0 Å². The van der Waals surface area contributed by atoms with Gasteiger partial charge in [-0.1, -0.05) is 78.0 Å². The maximum atomic E-state index is 14.4. The van der Waals surface area contributed by atoms with Gasteiger partial charge in [-0.3, -0.25) is 4.79 Å². The number of aliphatic hydroxyl groups excluding tert-OH is 3. The lowest BCUT2D eigenvalue weighted by Crippen LogP contribution is -2.65. The van der Waals surface area contributed by atoms with Crippen LogP contribution in [0.4, 0.5) is 0 Å². The zero-order valence-electron chi connectivity index (χ0n) is 34.6. The molecule has 57 heavy (non-hydrogen) atoms. The number of imidazole rings is 1. The van der Waals surface area contributed by atoms with Crippen molar-refractivity contribution in [1.29, 1.82) is 0 Å². The molecular formula is C48H66N2O5S2. The summed E-state index contributed by atoms with van der Waals surface area (Å²) >= 11 is 0. The summed E-state index contributed by atoms with van der Waals surface area (Å²) in [5.41, 5.74) is 5.29. The Balaban J connectivity index is 1.11. The van der Waals surface area contributed by atoms with E-state index in [-0.39, 0.29) is 58.7 Å². The molecular weight excluding hydrogens is 749 g/mol. The van der Waals surface area contributed by atoms with E-state index < -0.39 is 34.7 Å². The molecule has 1 aliphatic heterocycles. The number of allylic oxidation sites excluding steroid dienone is 3. The first-order valence-corrected chi connectivity index (χ1v) is 25.5. The van der Waals surface area contributed by atoms with Gasteiger partial charge in [-0.05, 0) is 141 Å². The molecule has 0 aromatic carbocycles. The minimum atomic E-state index is -1.18. The Hall–Kier alpha value is -1.36. The molecule has 11 rings (SSSR count). The van der Waals surface area contributed by atoms with Crippen LogP contribution in [-0.4, -0.2) is 71.2 Å².